The van der Waals surface area contributed by atoms with Crippen molar-refractivity contribution in [2.45, 2.75) is 6.54 Å². The van der Waals surface area contributed by atoms with Gasteiger partial charge in [-0.05, 0) is 12.1 Å². The van der Waals surface area contributed by atoms with Crippen molar-refractivity contribution in [1.82, 2.24) is 20.0 Å². The van der Waals surface area contributed by atoms with E-state index >= 15 is 0 Å². The average Bonchev–Trinajstić information content (AvgIpc) is 2.89. The highest BCUT2D eigenvalue weighted by Crippen LogP contribution is 2.14. The van der Waals surface area contributed by atoms with E-state index in [1.54, 1.807) is 18.5 Å². The molecule has 19 heavy (non-hydrogen) atoms. The second-order valence-corrected chi connectivity index (χ2v) is 4.00. The summed E-state index contributed by atoms with van der Waals surface area (Å²) in [5, 5.41) is 12.9. The maximum absolute atomic E-state index is 8.97. The van der Waals surface area contributed by atoms with Crippen LogP contribution in [0.3, 0.4) is 0 Å². The van der Waals surface area contributed by atoms with Crippen LogP contribution >= 0.6 is 0 Å². The molecule has 0 radical (unpaired) electrons. The summed E-state index contributed by atoms with van der Waals surface area (Å²) in [7, 11) is 0. The summed E-state index contributed by atoms with van der Waals surface area (Å²) < 4.78 is 5.20. The SMILES string of the molecule is C=CCN(CCO)Cc1nc(-c2cccnc2)no1. The molecule has 0 bridgehead atoms. The highest BCUT2D eigenvalue weighted by Gasteiger charge is 2.12. The normalized spacial score (nSPS) is 10.8. The highest BCUT2D eigenvalue weighted by molar-refractivity contribution is 5.51. The minimum absolute atomic E-state index is 0.0808. The van der Waals surface area contributed by atoms with E-state index < -0.39 is 0 Å². The smallest absolute Gasteiger partial charge is 0.241 e. The van der Waals surface area contributed by atoms with Gasteiger partial charge in [0.15, 0.2) is 0 Å². The number of hydrogen-bond donors (Lipinski definition) is 1. The molecule has 2 aromatic heterocycles. The summed E-state index contributed by atoms with van der Waals surface area (Å²) in [5.41, 5.74) is 0.815. The summed E-state index contributed by atoms with van der Waals surface area (Å²) in [6.07, 6.45) is 5.15. The van der Waals surface area contributed by atoms with Gasteiger partial charge in [-0.25, -0.2) is 0 Å². The lowest BCUT2D eigenvalue weighted by atomic mass is 10.3. The quantitative estimate of drug-likeness (QED) is 0.752. The Morgan fingerprint density at radius 2 is 2.37 bits per heavy atom. The number of rotatable bonds is 7. The summed E-state index contributed by atoms with van der Waals surface area (Å²) in [6, 6.07) is 3.69. The Hall–Kier alpha value is -2.05. The predicted octanol–water partition coefficient (Wildman–Crippen LogP) is 1.11. The van der Waals surface area contributed by atoms with Crippen LogP contribution in [-0.2, 0) is 6.54 Å². The molecule has 2 rings (SSSR count). The van der Waals surface area contributed by atoms with Gasteiger partial charge in [-0.3, -0.25) is 9.88 Å². The van der Waals surface area contributed by atoms with E-state index in [0.29, 0.717) is 31.3 Å². The van der Waals surface area contributed by atoms with E-state index in [2.05, 4.69) is 21.7 Å². The first-order valence-electron chi connectivity index (χ1n) is 6.00. The lowest BCUT2D eigenvalue weighted by molar-refractivity contribution is 0.186. The summed E-state index contributed by atoms with van der Waals surface area (Å²) >= 11 is 0. The lowest BCUT2D eigenvalue weighted by Gasteiger charge is -2.16. The van der Waals surface area contributed by atoms with Crippen molar-refractivity contribution in [3.63, 3.8) is 0 Å². The van der Waals surface area contributed by atoms with Crippen LogP contribution in [0.4, 0.5) is 0 Å². The molecule has 2 aromatic rings. The fourth-order valence-electron chi connectivity index (χ4n) is 1.68. The topological polar surface area (TPSA) is 75.3 Å². The fraction of sp³-hybridized carbons (Fsp3) is 0.308. The van der Waals surface area contributed by atoms with Crippen LogP contribution in [0.5, 0.6) is 0 Å². The molecule has 0 aliphatic rings. The standard InChI is InChI=1S/C13H16N4O2/c1-2-6-17(7-8-18)10-12-15-13(16-19-12)11-4-3-5-14-9-11/h2-5,9,18H,1,6-8,10H2. The molecular formula is C13H16N4O2. The van der Waals surface area contributed by atoms with Gasteiger partial charge in [-0.2, -0.15) is 4.98 Å². The van der Waals surface area contributed by atoms with E-state index in [9.17, 15) is 0 Å². The van der Waals surface area contributed by atoms with Crippen LogP contribution in [-0.4, -0.2) is 44.8 Å². The van der Waals surface area contributed by atoms with Gasteiger partial charge >= 0.3 is 0 Å². The van der Waals surface area contributed by atoms with Gasteiger partial charge in [-0.15, -0.1) is 6.58 Å². The molecule has 2 heterocycles. The molecule has 0 atom stereocenters. The number of aliphatic hydroxyl groups excluding tert-OH is 1. The third-order valence-electron chi connectivity index (χ3n) is 2.55. The van der Waals surface area contributed by atoms with E-state index in [0.717, 1.165) is 5.56 Å². The lowest BCUT2D eigenvalue weighted by Crippen LogP contribution is -2.26. The van der Waals surface area contributed by atoms with Crippen LogP contribution in [0.25, 0.3) is 11.4 Å². The van der Waals surface area contributed by atoms with Gasteiger partial charge < -0.3 is 9.63 Å². The first-order valence-corrected chi connectivity index (χ1v) is 6.00. The van der Waals surface area contributed by atoms with Crippen molar-refractivity contribution >= 4 is 0 Å². The van der Waals surface area contributed by atoms with Crippen molar-refractivity contribution in [2.24, 2.45) is 0 Å². The van der Waals surface area contributed by atoms with Gasteiger partial charge in [-0.1, -0.05) is 11.2 Å². The van der Waals surface area contributed by atoms with E-state index in [4.69, 9.17) is 9.63 Å². The minimum Gasteiger partial charge on any atom is -0.395 e. The zero-order valence-corrected chi connectivity index (χ0v) is 10.6. The first-order chi connectivity index (χ1) is 9.33. The molecule has 0 amide bonds. The molecule has 0 aromatic carbocycles. The molecule has 0 saturated heterocycles. The average molecular weight is 260 g/mol. The Balaban J connectivity index is 2.06. The molecule has 6 heteroatoms. The zero-order chi connectivity index (χ0) is 13.5. The summed E-state index contributed by atoms with van der Waals surface area (Å²) in [5.74, 6) is 1.03. The Morgan fingerprint density at radius 1 is 1.47 bits per heavy atom. The van der Waals surface area contributed by atoms with Gasteiger partial charge in [0.05, 0.1) is 13.2 Å². The van der Waals surface area contributed by atoms with Crippen LogP contribution < -0.4 is 0 Å². The third-order valence-corrected chi connectivity index (χ3v) is 2.55. The maximum atomic E-state index is 8.97. The second kappa shape index (κ2) is 6.77. The minimum atomic E-state index is 0.0808. The van der Waals surface area contributed by atoms with E-state index in [1.807, 2.05) is 17.0 Å². The van der Waals surface area contributed by atoms with E-state index in [-0.39, 0.29) is 6.61 Å². The van der Waals surface area contributed by atoms with Crippen LogP contribution in [0, 0.1) is 0 Å². The number of hydrogen-bond acceptors (Lipinski definition) is 6. The molecule has 6 nitrogen and oxygen atoms in total. The van der Waals surface area contributed by atoms with Crippen molar-refractivity contribution in [1.29, 1.82) is 0 Å². The Labute approximate surface area is 111 Å². The molecule has 0 saturated carbocycles. The summed E-state index contributed by atoms with van der Waals surface area (Å²) in [4.78, 5) is 10.3. The zero-order valence-electron chi connectivity index (χ0n) is 10.6. The van der Waals surface area contributed by atoms with Crippen molar-refractivity contribution < 1.29 is 9.63 Å². The van der Waals surface area contributed by atoms with Gasteiger partial charge in [0.2, 0.25) is 11.7 Å². The monoisotopic (exact) mass is 260 g/mol. The number of aliphatic hydroxyl groups is 1. The molecule has 0 spiro atoms. The molecule has 1 N–H and O–H groups in total. The highest BCUT2D eigenvalue weighted by atomic mass is 16.5. The first kappa shape index (κ1) is 13.4. The van der Waals surface area contributed by atoms with Gasteiger partial charge in [0, 0.05) is 31.0 Å². The number of aromatic nitrogens is 3. The number of nitrogens with zero attached hydrogens (tertiary/aromatic N) is 4. The second-order valence-electron chi connectivity index (χ2n) is 4.00. The van der Waals surface area contributed by atoms with Gasteiger partial charge in [0.25, 0.3) is 0 Å². The molecule has 100 valence electrons. The number of pyridine rings is 1. The largest absolute Gasteiger partial charge is 0.395 e. The molecular weight excluding hydrogens is 244 g/mol. The van der Waals surface area contributed by atoms with Crippen molar-refractivity contribution in [2.75, 3.05) is 19.7 Å². The third kappa shape index (κ3) is 3.70. The van der Waals surface area contributed by atoms with Crippen LogP contribution in [0.1, 0.15) is 5.89 Å². The van der Waals surface area contributed by atoms with E-state index in [1.165, 1.54) is 0 Å². The summed E-state index contributed by atoms with van der Waals surface area (Å²) in [6.45, 7) is 5.44. The Morgan fingerprint density at radius 3 is 3.05 bits per heavy atom. The predicted molar refractivity (Wildman–Crippen MR) is 70.1 cm³/mol. The molecule has 0 aliphatic heterocycles. The Bertz CT molecular complexity index is 512. The van der Waals surface area contributed by atoms with Crippen molar-refractivity contribution in [3.8, 4) is 11.4 Å². The van der Waals surface area contributed by atoms with Gasteiger partial charge in [0.1, 0.15) is 0 Å². The molecule has 0 fully saturated rings. The van der Waals surface area contributed by atoms with Crippen molar-refractivity contribution in [3.05, 3.63) is 43.1 Å². The van der Waals surface area contributed by atoms with Crippen LogP contribution in [0.15, 0.2) is 41.7 Å². The molecule has 0 aliphatic carbocycles. The van der Waals surface area contributed by atoms with Crippen LogP contribution in [0.2, 0.25) is 0 Å². The fourth-order valence-corrected chi connectivity index (χ4v) is 1.68. The maximum Gasteiger partial charge on any atom is 0.241 e. The molecule has 0 unspecified atom stereocenters. The Kier molecular flexibility index (Phi) is 4.77.